The van der Waals surface area contributed by atoms with E-state index in [1.165, 1.54) is 0 Å². The van der Waals surface area contributed by atoms with Crippen LogP contribution in [0.15, 0.2) is 48.2 Å². The normalized spacial score (nSPS) is 17.5. The Morgan fingerprint density at radius 3 is 2.43 bits per heavy atom. The Bertz CT molecular complexity index is 1460. The number of anilines is 1. The van der Waals surface area contributed by atoms with Crippen LogP contribution in [0.2, 0.25) is 5.02 Å². The van der Waals surface area contributed by atoms with E-state index in [-0.39, 0.29) is 48.0 Å². The second-order valence-electron chi connectivity index (χ2n) is 11.2. The monoisotopic (exact) mass is 887 g/mol. The van der Waals surface area contributed by atoms with Gasteiger partial charge >= 0.3 is 31.1 Å². The average molecular weight is 888 g/mol. The van der Waals surface area contributed by atoms with Gasteiger partial charge in [-0.1, -0.05) is 48.2 Å². The molecule has 0 amide bonds. The molecule has 2 heterocycles. The van der Waals surface area contributed by atoms with Crippen LogP contribution in [0.1, 0.15) is 62.5 Å². The average Bonchev–Trinajstić information content (AvgIpc) is 3.35. The molecule has 1 saturated heterocycles. The van der Waals surface area contributed by atoms with Gasteiger partial charge in [0.25, 0.3) is 0 Å². The Labute approximate surface area is 293 Å². The van der Waals surface area contributed by atoms with Crippen LogP contribution in [-0.4, -0.2) is 65.3 Å². The largest absolute Gasteiger partial charge is 2.00 e. The predicted octanol–water partition coefficient (Wildman–Crippen LogP) is 6.07. The fourth-order valence-electron chi connectivity index (χ4n) is 5.39. The van der Waals surface area contributed by atoms with E-state index in [4.69, 9.17) is 27.2 Å². The molecule has 1 atom stereocenters. The van der Waals surface area contributed by atoms with Crippen molar-refractivity contribution in [1.29, 1.82) is 0 Å². The fourth-order valence-corrected chi connectivity index (χ4v) is 8.49. The zero-order valence-corrected chi connectivity index (χ0v) is 31.8. The van der Waals surface area contributed by atoms with Gasteiger partial charge in [-0.15, -0.1) is 17.7 Å². The number of carboxylic acid groups (broad SMARTS) is 2. The van der Waals surface area contributed by atoms with Crippen LogP contribution in [0.3, 0.4) is 0 Å². The first-order valence-electron chi connectivity index (χ1n) is 14.2. The number of carbonyl (C=O) groups is 2. The first kappa shape index (κ1) is 38.2. The number of nitrogens with zero attached hydrogens (tertiary/aromatic N) is 2. The minimum Gasteiger partial charge on any atom is -0.534 e. The molecule has 0 radical (unpaired) electrons. The summed E-state index contributed by atoms with van der Waals surface area (Å²) in [5.74, 6) is -2.30. The van der Waals surface area contributed by atoms with Crippen molar-refractivity contribution in [3.05, 3.63) is 71.1 Å². The van der Waals surface area contributed by atoms with Crippen molar-refractivity contribution in [3.63, 3.8) is 0 Å². The summed E-state index contributed by atoms with van der Waals surface area (Å²) in [6.07, 6.45) is 9.69. The van der Waals surface area contributed by atoms with Crippen molar-refractivity contribution < 1.29 is 59.3 Å². The number of unbranched alkanes of at least 4 members (excludes halogenated alkanes) is 1. The van der Waals surface area contributed by atoms with Crippen molar-refractivity contribution in [2.45, 2.75) is 63.7 Å². The molecule has 2 aliphatic rings. The number of thiophene rings is 1. The predicted molar refractivity (Wildman–Crippen MR) is 173 cm³/mol. The summed E-state index contributed by atoms with van der Waals surface area (Å²) >= 11 is 7.47. The molecular formula is C31H40ClN3O6S2U. The third-order valence-corrected chi connectivity index (χ3v) is 12.1. The van der Waals surface area contributed by atoms with E-state index >= 15 is 0 Å². The van der Waals surface area contributed by atoms with Gasteiger partial charge in [0, 0.05) is 43.0 Å². The Kier molecular flexibility index (Phi) is 14.4. The molecular weight excluding hydrogens is 848 g/mol. The van der Waals surface area contributed by atoms with E-state index in [9.17, 15) is 18.3 Å². The number of benzene rings is 1. The number of sulfonamides is 1. The molecule has 13 heteroatoms. The maximum absolute atomic E-state index is 13.8. The molecule has 0 spiro atoms. The van der Waals surface area contributed by atoms with Crippen LogP contribution in [0.25, 0.3) is 10.4 Å². The molecule has 0 bridgehead atoms. The van der Waals surface area contributed by atoms with Gasteiger partial charge in [0.1, 0.15) is 0 Å². The van der Waals surface area contributed by atoms with E-state index in [0.717, 1.165) is 54.8 Å². The van der Waals surface area contributed by atoms with E-state index in [1.807, 2.05) is 50.3 Å². The van der Waals surface area contributed by atoms with Crippen LogP contribution in [0.5, 0.6) is 0 Å². The number of carboxylic acids is 2. The second kappa shape index (κ2) is 16.6. The second-order valence-corrected chi connectivity index (χ2v) is 15.1. The molecule has 1 fully saturated rings. The van der Waals surface area contributed by atoms with Crippen molar-refractivity contribution in [2.24, 2.45) is 11.7 Å². The van der Waals surface area contributed by atoms with Crippen LogP contribution >= 0.6 is 22.9 Å². The van der Waals surface area contributed by atoms with Gasteiger partial charge in [0.2, 0.25) is 16.0 Å². The smallest absolute Gasteiger partial charge is 0.534 e. The van der Waals surface area contributed by atoms with E-state index < -0.39 is 26.7 Å². The van der Waals surface area contributed by atoms with Gasteiger partial charge in [0.15, 0.2) is 5.97 Å². The molecule has 9 nitrogen and oxygen atoms in total. The standard InChI is InChI=1S/C29H37ClN3O4S2.C2H3O2.U/c1-4-5-14-33(24-11-6-8-20(17-24)27-25(30)19-26(38-27)28(34)35)23-12-15-32(16-13-23)39(36,37)29(2,3)21-9-7-10-22(31)18-21;1-2(3)4;/h6-11,17,21,23H,4-5,12-16,18,31H2,1-3H3,(H,34,35);1H2,(H,3,4);/q2*-1;+2. The number of allylic oxidation sites excluding steroid dienone is 4. The number of piperidine rings is 1. The molecule has 1 aromatic heterocycles. The molecule has 1 unspecified atom stereocenters. The van der Waals surface area contributed by atoms with Crippen molar-refractivity contribution in [2.75, 3.05) is 24.5 Å². The number of nitrogens with two attached hydrogens (primary N) is 1. The van der Waals surface area contributed by atoms with Crippen molar-refractivity contribution >= 4 is 50.6 Å². The number of rotatable bonds is 10. The minimum atomic E-state index is -3.55. The number of aliphatic carboxylic acids is 1. The number of hydrogen-bond donors (Lipinski definition) is 3. The van der Waals surface area contributed by atoms with Crippen LogP contribution in [0, 0.1) is 50.0 Å². The Morgan fingerprint density at radius 2 is 1.89 bits per heavy atom. The molecule has 44 heavy (non-hydrogen) atoms. The van der Waals surface area contributed by atoms with Crippen LogP contribution in [0.4, 0.5) is 5.69 Å². The maximum Gasteiger partial charge on any atom is 2.00 e. The van der Waals surface area contributed by atoms with Gasteiger partial charge < -0.3 is 25.6 Å². The van der Waals surface area contributed by atoms with Crippen molar-refractivity contribution in [1.82, 2.24) is 4.31 Å². The summed E-state index contributed by atoms with van der Waals surface area (Å²) in [6, 6.07) is 10.9. The zero-order chi connectivity index (χ0) is 31.9. The summed E-state index contributed by atoms with van der Waals surface area (Å²) in [7, 11) is -3.55. The summed E-state index contributed by atoms with van der Waals surface area (Å²) in [4.78, 5) is 23.4. The van der Waals surface area contributed by atoms with E-state index in [1.54, 1.807) is 4.31 Å². The number of halogens is 1. The quantitative estimate of drug-likeness (QED) is 0.245. The Morgan fingerprint density at radius 1 is 1.25 bits per heavy atom. The molecule has 1 aliphatic carbocycles. The van der Waals surface area contributed by atoms with Gasteiger partial charge in [-0.25, -0.2) is 24.1 Å². The summed E-state index contributed by atoms with van der Waals surface area (Å²) in [6.45, 7) is 10.1. The van der Waals surface area contributed by atoms with Gasteiger partial charge in [-0.2, -0.15) is 0 Å². The zero-order valence-electron chi connectivity index (χ0n) is 25.3. The van der Waals surface area contributed by atoms with Gasteiger partial charge in [0.05, 0.1) is 4.75 Å². The summed E-state index contributed by atoms with van der Waals surface area (Å²) in [5, 5.41) is 17.0. The molecule has 4 N–H and O–H groups in total. The molecule has 238 valence electrons. The molecule has 0 saturated carbocycles. The fraction of sp³-hybridized carbons (Fsp3) is 0.452. The molecule has 4 rings (SSSR count). The first-order chi connectivity index (χ1) is 20.2. The van der Waals surface area contributed by atoms with Crippen LogP contribution < -0.4 is 10.6 Å². The topological polar surface area (TPSA) is 141 Å². The van der Waals surface area contributed by atoms with Crippen molar-refractivity contribution in [3.8, 4) is 10.4 Å². The third kappa shape index (κ3) is 9.30. The van der Waals surface area contributed by atoms with Crippen LogP contribution in [-0.2, 0) is 14.8 Å². The SMILES string of the molecule is CCCCN(c1cccc(-c2sc(C(=O)O)[c-]c2Cl)c1)C1CCN(S(=O)(=O)C(C)(C)C2C=CC=C(N)C2)CC1.[CH2-]C(=O)O.[U+2]. The minimum absolute atomic E-state index is 0. The maximum atomic E-state index is 13.8. The molecule has 1 aliphatic heterocycles. The summed E-state index contributed by atoms with van der Waals surface area (Å²) < 4.78 is 28.3. The summed E-state index contributed by atoms with van der Waals surface area (Å²) in [5.41, 5.74) is 8.61. The van der Waals surface area contributed by atoms with E-state index in [2.05, 4.69) is 30.9 Å². The number of aromatic carboxylic acids is 1. The molecule has 1 aromatic carbocycles. The Hall–Kier alpha value is -1.94. The van der Waals surface area contributed by atoms with Gasteiger partial charge in [-0.3, -0.25) is 11.7 Å². The molecule has 2 aromatic rings. The first-order valence-corrected chi connectivity index (χ1v) is 16.8. The number of hydrogen-bond acceptors (Lipinski definition) is 7. The third-order valence-electron chi connectivity index (χ3n) is 7.88. The van der Waals surface area contributed by atoms with E-state index in [0.29, 0.717) is 35.1 Å². The Balaban J connectivity index is 0.00000127. The van der Waals surface area contributed by atoms with Gasteiger partial charge in [-0.05, 0) is 67.5 Å².